The zero-order valence-corrected chi connectivity index (χ0v) is 21.2. The summed E-state index contributed by atoms with van der Waals surface area (Å²) in [5.74, 6) is -6.15. The molecule has 0 unspecified atom stereocenters. The predicted octanol–water partition coefficient (Wildman–Crippen LogP) is 3.87. The zero-order valence-electron chi connectivity index (χ0n) is 20.4. The first kappa shape index (κ1) is 30.1. The molecule has 0 saturated heterocycles. The number of H-pyrrole nitrogens is 1. The van der Waals surface area contributed by atoms with Crippen LogP contribution in [0.1, 0.15) is 18.3 Å². The van der Waals surface area contributed by atoms with E-state index in [-0.39, 0.29) is 35.2 Å². The summed E-state index contributed by atoms with van der Waals surface area (Å²) in [5, 5.41) is 30.7. The number of nitrogens with zero attached hydrogens (tertiary/aromatic N) is 3. The van der Waals surface area contributed by atoms with Crippen molar-refractivity contribution in [1.82, 2.24) is 20.1 Å². The first-order valence-electron chi connectivity index (χ1n) is 11.5. The van der Waals surface area contributed by atoms with Gasteiger partial charge in [-0.2, -0.15) is 13.9 Å². The smallest absolute Gasteiger partial charge is 0.340 e. The van der Waals surface area contributed by atoms with E-state index < -0.39 is 48.8 Å². The molecule has 4 N–H and O–H groups in total. The molecule has 0 amide bonds. The lowest BCUT2D eigenvalue weighted by molar-refractivity contribution is -0.148. The molecule has 1 aromatic heterocycles. The summed E-state index contributed by atoms with van der Waals surface area (Å²) in [6.45, 7) is -0.532. The number of rotatable bonds is 12. The largest absolute Gasteiger partial charge is 0.487 e. The van der Waals surface area contributed by atoms with E-state index in [9.17, 15) is 36.6 Å². The monoisotopic (exact) mass is 577 g/mol. The molecule has 15 heteroatoms. The van der Waals surface area contributed by atoms with Crippen LogP contribution in [0.4, 0.5) is 32.0 Å². The Labute approximate surface area is 224 Å². The van der Waals surface area contributed by atoms with Crippen molar-refractivity contribution < 1.29 is 41.3 Å². The van der Waals surface area contributed by atoms with E-state index in [1.807, 2.05) is 0 Å². The van der Waals surface area contributed by atoms with Crippen LogP contribution in [0.5, 0.6) is 5.75 Å². The summed E-state index contributed by atoms with van der Waals surface area (Å²) in [5.41, 5.74) is -1.99. The van der Waals surface area contributed by atoms with E-state index in [1.165, 1.54) is 42.4 Å². The van der Waals surface area contributed by atoms with Crippen molar-refractivity contribution >= 4 is 23.0 Å². The van der Waals surface area contributed by atoms with Crippen molar-refractivity contribution in [1.29, 1.82) is 0 Å². The Hall–Kier alpha value is -3.43. The molecule has 0 fully saturated rings. The van der Waals surface area contributed by atoms with Gasteiger partial charge in [-0.25, -0.2) is 22.5 Å². The van der Waals surface area contributed by atoms with Gasteiger partial charge < -0.3 is 25.2 Å². The van der Waals surface area contributed by atoms with Gasteiger partial charge in [-0.1, -0.05) is 6.07 Å². The topological polar surface area (TPSA) is 107 Å². The number of halogens is 6. The highest BCUT2D eigenvalue weighted by Gasteiger charge is 2.43. The Morgan fingerprint density at radius 1 is 1.18 bits per heavy atom. The summed E-state index contributed by atoms with van der Waals surface area (Å²) in [6, 6.07) is 6.92. The standard InChI is InChI=1S/C24H25F6N5O3S/c1-14(23(37,11-20-31-13-32-34-20)18-7-2-15(25)10-19(18)26)35(8-9-36)22(39)33-16-3-5-17(6-4-16)38-12-24(29,30)21(27)28/h2-7,10,13-14,21,36-37H,8-9,11-12H2,1H3,(H,33,39)(H,31,32,34)/t14-,23+/m1/s1. The summed E-state index contributed by atoms with van der Waals surface area (Å²) in [7, 11) is 0. The summed E-state index contributed by atoms with van der Waals surface area (Å²) < 4.78 is 84.1. The van der Waals surface area contributed by atoms with Gasteiger partial charge in [-0.05, 0) is 49.5 Å². The lowest BCUT2D eigenvalue weighted by Crippen LogP contribution is -2.55. The molecular formula is C24H25F6N5O3S. The highest BCUT2D eigenvalue weighted by Crippen LogP contribution is 2.34. The number of benzene rings is 2. The van der Waals surface area contributed by atoms with E-state index in [0.717, 1.165) is 12.1 Å². The van der Waals surface area contributed by atoms with Crippen LogP contribution >= 0.6 is 12.2 Å². The molecule has 39 heavy (non-hydrogen) atoms. The second kappa shape index (κ2) is 12.6. The molecular weight excluding hydrogens is 552 g/mol. The molecule has 0 aliphatic heterocycles. The molecule has 0 bridgehead atoms. The SMILES string of the molecule is C[C@@H](N(CCO)C(=S)Nc1ccc(OCC(F)(F)C(F)F)cc1)[C@@](O)(Cc1nc[nH]n1)c1ccc(F)cc1F. The number of alkyl halides is 4. The molecule has 3 aromatic rings. The van der Waals surface area contributed by atoms with Gasteiger partial charge in [0.1, 0.15) is 29.3 Å². The maximum absolute atomic E-state index is 14.9. The molecule has 0 saturated carbocycles. The fourth-order valence-electron chi connectivity index (χ4n) is 3.78. The molecule has 2 aromatic carbocycles. The number of ether oxygens (including phenoxy) is 1. The minimum atomic E-state index is -4.31. The van der Waals surface area contributed by atoms with E-state index in [4.69, 9.17) is 17.0 Å². The van der Waals surface area contributed by atoms with Gasteiger partial charge in [0, 0.05) is 30.3 Å². The van der Waals surface area contributed by atoms with Gasteiger partial charge in [-0.15, -0.1) is 0 Å². The van der Waals surface area contributed by atoms with Crippen LogP contribution < -0.4 is 10.1 Å². The highest BCUT2D eigenvalue weighted by molar-refractivity contribution is 7.80. The Kier molecular flexibility index (Phi) is 9.74. The molecule has 0 radical (unpaired) electrons. The van der Waals surface area contributed by atoms with Gasteiger partial charge in [-0.3, -0.25) is 5.10 Å². The number of hydrogen-bond acceptors (Lipinski definition) is 6. The van der Waals surface area contributed by atoms with Crippen LogP contribution in [0.15, 0.2) is 48.8 Å². The number of aromatic amines is 1. The highest BCUT2D eigenvalue weighted by atomic mass is 32.1. The molecule has 0 aliphatic carbocycles. The van der Waals surface area contributed by atoms with Crippen LogP contribution in [0.3, 0.4) is 0 Å². The summed E-state index contributed by atoms with van der Waals surface area (Å²) in [6.07, 6.45) is -2.91. The number of aromatic nitrogens is 3. The Bertz CT molecular complexity index is 1240. The lowest BCUT2D eigenvalue weighted by atomic mass is 9.82. The van der Waals surface area contributed by atoms with Gasteiger partial charge in [0.15, 0.2) is 17.5 Å². The van der Waals surface area contributed by atoms with E-state index in [1.54, 1.807) is 0 Å². The van der Waals surface area contributed by atoms with Crippen molar-refractivity contribution in [2.75, 3.05) is 25.1 Å². The molecule has 8 nitrogen and oxygen atoms in total. The Balaban J connectivity index is 1.83. The predicted molar refractivity (Wildman–Crippen MR) is 133 cm³/mol. The van der Waals surface area contributed by atoms with Crippen molar-refractivity contribution in [3.8, 4) is 5.75 Å². The van der Waals surface area contributed by atoms with Gasteiger partial charge in [0.05, 0.1) is 12.6 Å². The second-order valence-electron chi connectivity index (χ2n) is 8.54. The lowest BCUT2D eigenvalue weighted by Gasteiger charge is -2.42. The number of aliphatic hydroxyl groups excluding tert-OH is 1. The first-order valence-corrected chi connectivity index (χ1v) is 11.9. The third kappa shape index (κ3) is 7.36. The average molecular weight is 578 g/mol. The van der Waals surface area contributed by atoms with Crippen molar-refractivity contribution in [3.63, 3.8) is 0 Å². The van der Waals surface area contributed by atoms with Crippen LogP contribution in [-0.2, 0) is 12.0 Å². The normalized spacial score (nSPS) is 14.1. The molecule has 0 aliphatic rings. The molecule has 0 spiro atoms. The Morgan fingerprint density at radius 2 is 1.87 bits per heavy atom. The second-order valence-corrected chi connectivity index (χ2v) is 8.93. The maximum atomic E-state index is 14.9. The number of nitrogens with one attached hydrogen (secondary N) is 2. The average Bonchev–Trinajstić information content (AvgIpc) is 3.39. The van der Waals surface area contributed by atoms with Crippen LogP contribution in [0.2, 0.25) is 0 Å². The minimum Gasteiger partial charge on any atom is -0.487 e. The van der Waals surface area contributed by atoms with Crippen molar-refractivity contribution in [3.05, 3.63) is 71.8 Å². The fraction of sp³-hybridized carbons (Fsp3) is 0.375. The van der Waals surface area contributed by atoms with Crippen molar-refractivity contribution in [2.24, 2.45) is 0 Å². The van der Waals surface area contributed by atoms with Crippen molar-refractivity contribution in [2.45, 2.75) is 37.3 Å². The maximum Gasteiger partial charge on any atom is 0.340 e. The molecule has 212 valence electrons. The fourth-order valence-corrected chi connectivity index (χ4v) is 4.15. The van der Waals surface area contributed by atoms with Gasteiger partial charge in [0.2, 0.25) is 0 Å². The molecule has 2 atom stereocenters. The third-order valence-corrected chi connectivity index (χ3v) is 6.24. The van der Waals surface area contributed by atoms with E-state index in [0.29, 0.717) is 11.8 Å². The van der Waals surface area contributed by atoms with Crippen LogP contribution in [0, 0.1) is 11.6 Å². The number of aliphatic hydroxyl groups is 2. The van der Waals surface area contributed by atoms with Crippen LogP contribution in [0.25, 0.3) is 0 Å². The minimum absolute atomic E-state index is 0.0228. The summed E-state index contributed by atoms with van der Waals surface area (Å²) in [4.78, 5) is 5.36. The quantitative estimate of drug-likeness (QED) is 0.190. The van der Waals surface area contributed by atoms with Gasteiger partial charge >= 0.3 is 12.3 Å². The number of anilines is 1. The first-order chi connectivity index (χ1) is 18.4. The third-order valence-electron chi connectivity index (χ3n) is 5.91. The Morgan fingerprint density at radius 3 is 2.44 bits per heavy atom. The zero-order chi connectivity index (χ0) is 28.8. The number of hydrogen-bond donors (Lipinski definition) is 4. The molecule has 3 rings (SSSR count). The molecule has 1 heterocycles. The van der Waals surface area contributed by atoms with Crippen LogP contribution in [-0.4, -0.2) is 73.6 Å². The van der Waals surface area contributed by atoms with Gasteiger partial charge in [0.25, 0.3) is 0 Å². The summed E-state index contributed by atoms with van der Waals surface area (Å²) >= 11 is 5.47. The number of thiocarbonyl (C=S) groups is 1. The van der Waals surface area contributed by atoms with E-state index >= 15 is 0 Å². The van der Waals surface area contributed by atoms with E-state index in [2.05, 4.69) is 20.5 Å².